The Kier molecular flexibility index (Phi) is 2.75. The Bertz CT molecular complexity index is 477. The molecule has 3 heterocycles. The molecule has 0 bridgehead atoms. The molecule has 5 nitrogen and oxygen atoms in total. The normalized spacial score (nSPS) is 20.6. The predicted octanol–water partition coefficient (Wildman–Crippen LogP) is 1.05. The molecular formula is C10H13N5S. The SMILES string of the molecule is c1nc(SCC2CCNC2)c2[nH]cnc2n1. The first-order valence-electron chi connectivity index (χ1n) is 5.41. The smallest absolute Gasteiger partial charge is 0.181 e. The number of aromatic amines is 1. The second-order valence-electron chi connectivity index (χ2n) is 3.95. The first kappa shape index (κ1) is 10.0. The number of thioether (sulfide) groups is 1. The van der Waals surface area contributed by atoms with E-state index >= 15 is 0 Å². The minimum absolute atomic E-state index is 0.752. The lowest BCUT2D eigenvalue weighted by Gasteiger charge is -2.06. The maximum absolute atomic E-state index is 4.30. The van der Waals surface area contributed by atoms with Crippen molar-refractivity contribution in [2.45, 2.75) is 11.4 Å². The summed E-state index contributed by atoms with van der Waals surface area (Å²) in [6.45, 7) is 2.28. The summed E-state index contributed by atoms with van der Waals surface area (Å²) in [4.78, 5) is 15.6. The lowest BCUT2D eigenvalue weighted by atomic mass is 10.2. The van der Waals surface area contributed by atoms with Gasteiger partial charge in [0, 0.05) is 5.75 Å². The third-order valence-electron chi connectivity index (χ3n) is 2.81. The van der Waals surface area contributed by atoms with Gasteiger partial charge in [-0.3, -0.25) is 0 Å². The summed E-state index contributed by atoms with van der Waals surface area (Å²) in [5.74, 6) is 1.87. The fourth-order valence-electron chi connectivity index (χ4n) is 1.91. The van der Waals surface area contributed by atoms with Gasteiger partial charge in [0.25, 0.3) is 0 Å². The van der Waals surface area contributed by atoms with E-state index in [0.717, 1.165) is 41.0 Å². The number of aromatic nitrogens is 4. The molecular weight excluding hydrogens is 222 g/mol. The van der Waals surface area contributed by atoms with Gasteiger partial charge in [0.2, 0.25) is 0 Å². The van der Waals surface area contributed by atoms with Crippen LogP contribution >= 0.6 is 11.8 Å². The summed E-state index contributed by atoms with van der Waals surface area (Å²) >= 11 is 1.79. The molecule has 0 aliphatic carbocycles. The number of H-pyrrole nitrogens is 1. The van der Waals surface area contributed by atoms with Crippen LogP contribution in [-0.4, -0.2) is 38.8 Å². The molecule has 0 spiro atoms. The van der Waals surface area contributed by atoms with Crippen LogP contribution < -0.4 is 5.32 Å². The van der Waals surface area contributed by atoms with Gasteiger partial charge in [-0.15, -0.1) is 11.8 Å². The number of hydrogen-bond donors (Lipinski definition) is 2. The number of nitrogens with zero attached hydrogens (tertiary/aromatic N) is 3. The minimum atomic E-state index is 0.752. The van der Waals surface area contributed by atoms with Crippen LogP contribution in [0.5, 0.6) is 0 Å². The van der Waals surface area contributed by atoms with E-state index in [4.69, 9.17) is 0 Å². The van der Waals surface area contributed by atoms with E-state index in [2.05, 4.69) is 25.3 Å². The van der Waals surface area contributed by atoms with Crippen LogP contribution in [0.3, 0.4) is 0 Å². The molecule has 2 aromatic heterocycles. The van der Waals surface area contributed by atoms with Crippen LogP contribution in [0.15, 0.2) is 17.7 Å². The molecule has 1 aliphatic rings. The highest BCUT2D eigenvalue weighted by Crippen LogP contribution is 2.25. The predicted molar refractivity (Wildman–Crippen MR) is 63.4 cm³/mol. The maximum atomic E-state index is 4.30. The second kappa shape index (κ2) is 4.39. The van der Waals surface area contributed by atoms with E-state index in [1.54, 1.807) is 24.4 Å². The molecule has 6 heteroatoms. The average molecular weight is 235 g/mol. The van der Waals surface area contributed by atoms with Crippen LogP contribution in [0, 0.1) is 5.92 Å². The van der Waals surface area contributed by atoms with Crippen molar-refractivity contribution in [3.05, 3.63) is 12.7 Å². The fraction of sp³-hybridized carbons (Fsp3) is 0.500. The third kappa shape index (κ3) is 1.90. The molecule has 84 valence electrons. The van der Waals surface area contributed by atoms with Crippen LogP contribution in [0.1, 0.15) is 6.42 Å². The molecule has 1 atom stereocenters. The molecule has 0 amide bonds. The molecule has 1 aliphatic heterocycles. The van der Waals surface area contributed by atoms with Crippen LogP contribution in [-0.2, 0) is 0 Å². The fourth-order valence-corrected chi connectivity index (χ4v) is 3.00. The van der Waals surface area contributed by atoms with Gasteiger partial charge in [-0.1, -0.05) is 0 Å². The topological polar surface area (TPSA) is 66.5 Å². The van der Waals surface area contributed by atoms with Crippen LogP contribution in [0.2, 0.25) is 0 Å². The van der Waals surface area contributed by atoms with Crippen molar-refractivity contribution in [1.82, 2.24) is 25.3 Å². The molecule has 0 radical (unpaired) electrons. The Balaban J connectivity index is 1.75. The first-order valence-corrected chi connectivity index (χ1v) is 6.39. The number of fused-ring (bicyclic) bond motifs is 1. The summed E-state index contributed by atoms with van der Waals surface area (Å²) in [6.07, 6.45) is 4.52. The molecule has 0 aromatic carbocycles. The first-order chi connectivity index (χ1) is 7.93. The van der Waals surface area contributed by atoms with Crippen LogP contribution in [0.25, 0.3) is 11.2 Å². The zero-order valence-electron chi connectivity index (χ0n) is 8.81. The van der Waals surface area contributed by atoms with Gasteiger partial charge in [0.1, 0.15) is 16.9 Å². The highest BCUT2D eigenvalue weighted by atomic mass is 32.2. The molecule has 16 heavy (non-hydrogen) atoms. The zero-order valence-corrected chi connectivity index (χ0v) is 9.63. The van der Waals surface area contributed by atoms with Gasteiger partial charge >= 0.3 is 0 Å². The van der Waals surface area contributed by atoms with Crippen molar-refractivity contribution in [3.8, 4) is 0 Å². The van der Waals surface area contributed by atoms with Gasteiger partial charge in [-0.25, -0.2) is 15.0 Å². The van der Waals surface area contributed by atoms with E-state index in [1.165, 1.54) is 6.42 Å². The highest BCUT2D eigenvalue weighted by molar-refractivity contribution is 7.99. The number of nitrogens with one attached hydrogen (secondary N) is 2. The van der Waals surface area contributed by atoms with E-state index in [9.17, 15) is 0 Å². The van der Waals surface area contributed by atoms with Crippen molar-refractivity contribution in [2.75, 3.05) is 18.8 Å². The van der Waals surface area contributed by atoms with Gasteiger partial charge < -0.3 is 10.3 Å². The molecule has 3 rings (SSSR count). The third-order valence-corrected chi connectivity index (χ3v) is 4.03. The van der Waals surface area contributed by atoms with E-state index in [1.807, 2.05) is 0 Å². The Morgan fingerprint density at radius 1 is 1.38 bits per heavy atom. The van der Waals surface area contributed by atoms with E-state index in [0.29, 0.717) is 0 Å². The second-order valence-corrected chi connectivity index (χ2v) is 4.96. The van der Waals surface area contributed by atoms with Gasteiger partial charge in [0.15, 0.2) is 5.65 Å². The van der Waals surface area contributed by atoms with Gasteiger partial charge in [-0.05, 0) is 25.4 Å². The average Bonchev–Trinajstić information content (AvgIpc) is 2.97. The number of rotatable bonds is 3. The van der Waals surface area contributed by atoms with Crippen molar-refractivity contribution in [3.63, 3.8) is 0 Å². The molecule has 2 aromatic rings. The zero-order chi connectivity index (χ0) is 10.8. The molecule has 1 unspecified atom stereocenters. The minimum Gasteiger partial charge on any atom is -0.341 e. The summed E-state index contributed by atoms with van der Waals surface area (Å²) in [5, 5.41) is 4.38. The summed E-state index contributed by atoms with van der Waals surface area (Å²) in [5.41, 5.74) is 1.71. The molecule has 1 saturated heterocycles. The molecule has 0 saturated carbocycles. The lowest BCUT2D eigenvalue weighted by molar-refractivity contribution is 0.662. The van der Waals surface area contributed by atoms with E-state index in [-0.39, 0.29) is 0 Å². The monoisotopic (exact) mass is 235 g/mol. The quantitative estimate of drug-likeness (QED) is 0.615. The van der Waals surface area contributed by atoms with Crippen molar-refractivity contribution in [2.24, 2.45) is 5.92 Å². The van der Waals surface area contributed by atoms with Gasteiger partial charge in [-0.2, -0.15) is 0 Å². The Labute approximate surface area is 97.5 Å². The van der Waals surface area contributed by atoms with Crippen molar-refractivity contribution < 1.29 is 0 Å². The maximum Gasteiger partial charge on any atom is 0.181 e. The van der Waals surface area contributed by atoms with Crippen molar-refractivity contribution >= 4 is 22.9 Å². The summed E-state index contributed by atoms with van der Waals surface area (Å²) in [6, 6.07) is 0. The van der Waals surface area contributed by atoms with Crippen molar-refractivity contribution in [1.29, 1.82) is 0 Å². The van der Waals surface area contributed by atoms with Crippen LogP contribution in [0.4, 0.5) is 0 Å². The highest BCUT2D eigenvalue weighted by Gasteiger charge is 2.16. The standard InChI is InChI=1S/C10H13N5S/c1-2-11-3-7(1)4-16-10-8-9(13-5-12-8)14-6-15-10/h5-7,11H,1-4H2,(H,12,13,14,15). The Morgan fingerprint density at radius 3 is 3.25 bits per heavy atom. The Hall–Kier alpha value is -1.14. The Morgan fingerprint density at radius 2 is 2.38 bits per heavy atom. The number of imidazole rings is 1. The summed E-state index contributed by atoms with van der Waals surface area (Å²) < 4.78 is 0. The van der Waals surface area contributed by atoms with E-state index < -0.39 is 0 Å². The lowest BCUT2D eigenvalue weighted by Crippen LogP contribution is -2.10. The van der Waals surface area contributed by atoms with Gasteiger partial charge in [0.05, 0.1) is 6.33 Å². The molecule has 2 N–H and O–H groups in total. The summed E-state index contributed by atoms with van der Waals surface area (Å²) in [7, 11) is 0. The molecule has 1 fully saturated rings. The number of hydrogen-bond acceptors (Lipinski definition) is 5. The largest absolute Gasteiger partial charge is 0.341 e.